The van der Waals surface area contributed by atoms with Crippen LogP contribution in [0.2, 0.25) is 0 Å². The lowest BCUT2D eigenvalue weighted by molar-refractivity contribution is -0.136. The summed E-state index contributed by atoms with van der Waals surface area (Å²) in [5, 5.41) is 9.64. The van der Waals surface area contributed by atoms with Gasteiger partial charge in [0.05, 0.1) is 12.1 Å². The largest absolute Gasteiger partial charge is 0.393 e. The van der Waals surface area contributed by atoms with Gasteiger partial charge in [-0.05, 0) is 47.0 Å². The topological polar surface area (TPSA) is 43.8 Å². The molecule has 5 atom stereocenters. The minimum Gasteiger partial charge on any atom is -0.393 e. The van der Waals surface area contributed by atoms with Gasteiger partial charge in [-0.15, -0.1) is 0 Å². The predicted molar refractivity (Wildman–Crippen MR) is 75.8 cm³/mol. The van der Waals surface area contributed by atoms with Crippen molar-refractivity contribution in [2.75, 3.05) is 13.1 Å². The second-order valence-electron chi connectivity index (χ2n) is 6.47. The van der Waals surface area contributed by atoms with E-state index in [4.69, 9.17) is 0 Å². The molecule has 1 N–H and O–H groups in total. The average molecular weight is 268 g/mol. The molecular formula is C15H28N2O2. The number of carbonyl (C=O) groups is 1. The van der Waals surface area contributed by atoms with E-state index >= 15 is 0 Å². The fourth-order valence-electron chi connectivity index (χ4n) is 3.75. The normalized spacial score (nSPS) is 35.6. The molecule has 0 bridgehead atoms. The van der Waals surface area contributed by atoms with E-state index in [0.717, 1.165) is 19.5 Å². The molecule has 0 spiro atoms. The van der Waals surface area contributed by atoms with Crippen molar-refractivity contribution in [1.82, 2.24) is 9.80 Å². The lowest BCUT2D eigenvalue weighted by Crippen LogP contribution is -2.50. The highest BCUT2D eigenvalue weighted by Gasteiger charge is 2.38. The summed E-state index contributed by atoms with van der Waals surface area (Å²) in [5.74, 6) is 0.494. The third-order valence-electron chi connectivity index (χ3n) is 5.04. The molecule has 0 aromatic carbocycles. The number of nitrogens with zero attached hydrogens (tertiary/aromatic N) is 2. The average Bonchev–Trinajstić information content (AvgIpc) is 2.95. The van der Waals surface area contributed by atoms with Crippen molar-refractivity contribution in [3.63, 3.8) is 0 Å². The highest BCUT2D eigenvalue weighted by atomic mass is 16.3. The maximum absolute atomic E-state index is 12.6. The Morgan fingerprint density at radius 2 is 1.74 bits per heavy atom. The van der Waals surface area contributed by atoms with E-state index < -0.39 is 0 Å². The summed E-state index contributed by atoms with van der Waals surface area (Å²) in [6.45, 7) is 9.82. The number of aliphatic hydroxyl groups is 1. The number of hydrogen-bond acceptors (Lipinski definition) is 3. The number of aliphatic hydroxyl groups excluding tert-OH is 1. The second-order valence-corrected chi connectivity index (χ2v) is 6.47. The maximum Gasteiger partial charge on any atom is 0.239 e. The van der Waals surface area contributed by atoms with Crippen LogP contribution < -0.4 is 0 Å². The molecule has 4 heteroatoms. The number of hydrogen-bond donors (Lipinski definition) is 1. The molecule has 2 rings (SSSR count). The Labute approximate surface area is 116 Å². The van der Waals surface area contributed by atoms with Gasteiger partial charge < -0.3 is 10.0 Å². The Morgan fingerprint density at radius 1 is 1.16 bits per heavy atom. The third-order valence-corrected chi connectivity index (χ3v) is 5.04. The summed E-state index contributed by atoms with van der Waals surface area (Å²) in [7, 11) is 0. The van der Waals surface area contributed by atoms with Gasteiger partial charge in [0, 0.05) is 31.1 Å². The molecule has 4 nitrogen and oxygen atoms in total. The third kappa shape index (κ3) is 2.95. The van der Waals surface area contributed by atoms with Crippen molar-refractivity contribution >= 4 is 5.91 Å². The molecule has 0 radical (unpaired) electrons. The number of likely N-dealkylation sites (tertiary alicyclic amines) is 2. The molecule has 2 heterocycles. The van der Waals surface area contributed by atoms with Gasteiger partial charge in [-0.2, -0.15) is 0 Å². The molecule has 19 heavy (non-hydrogen) atoms. The molecule has 0 aromatic rings. The zero-order valence-electron chi connectivity index (χ0n) is 12.7. The van der Waals surface area contributed by atoms with Crippen molar-refractivity contribution in [3.05, 3.63) is 0 Å². The molecule has 1 amide bonds. The molecule has 2 saturated heterocycles. The highest BCUT2D eigenvalue weighted by molar-refractivity contribution is 5.81. The van der Waals surface area contributed by atoms with Crippen molar-refractivity contribution in [1.29, 1.82) is 0 Å². The minimum atomic E-state index is -0.308. The van der Waals surface area contributed by atoms with Gasteiger partial charge >= 0.3 is 0 Å². The van der Waals surface area contributed by atoms with Gasteiger partial charge in [-0.1, -0.05) is 0 Å². The van der Waals surface area contributed by atoms with Crippen LogP contribution in [0.15, 0.2) is 0 Å². The van der Waals surface area contributed by atoms with Crippen molar-refractivity contribution < 1.29 is 9.90 Å². The summed E-state index contributed by atoms with van der Waals surface area (Å²) in [4.78, 5) is 16.9. The lowest BCUT2D eigenvalue weighted by Gasteiger charge is -2.34. The SMILES string of the molecule is CC(O)C1CCN(C(=O)C(C)N2C(C)CCC2C)C1. The molecule has 110 valence electrons. The van der Waals surface area contributed by atoms with E-state index in [2.05, 4.69) is 18.7 Å². The molecule has 2 aliphatic rings. The Hall–Kier alpha value is -0.610. The van der Waals surface area contributed by atoms with Crippen LogP contribution in [0, 0.1) is 5.92 Å². The van der Waals surface area contributed by atoms with Gasteiger partial charge in [0.1, 0.15) is 0 Å². The Bertz CT molecular complexity index is 322. The first-order valence-electron chi connectivity index (χ1n) is 7.66. The Morgan fingerprint density at radius 3 is 2.21 bits per heavy atom. The van der Waals surface area contributed by atoms with E-state index in [1.807, 2.05) is 18.7 Å². The fourth-order valence-corrected chi connectivity index (χ4v) is 3.75. The highest BCUT2D eigenvalue weighted by Crippen LogP contribution is 2.28. The van der Waals surface area contributed by atoms with Crippen LogP contribution in [-0.2, 0) is 4.79 Å². The minimum absolute atomic E-state index is 0.0275. The van der Waals surface area contributed by atoms with Crippen LogP contribution >= 0.6 is 0 Å². The lowest BCUT2D eigenvalue weighted by atomic mass is 10.0. The number of amides is 1. The van der Waals surface area contributed by atoms with Gasteiger partial charge in [0.15, 0.2) is 0 Å². The summed E-state index contributed by atoms with van der Waals surface area (Å²) < 4.78 is 0. The molecular weight excluding hydrogens is 240 g/mol. The second kappa shape index (κ2) is 5.80. The van der Waals surface area contributed by atoms with Crippen molar-refractivity contribution in [2.45, 2.75) is 71.2 Å². The summed E-state index contributed by atoms with van der Waals surface area (Å²) in [5.41, 5.74) is 0. The van der Waals surface area contributed by atoms with Crippen molar-refractivity contribution in [3.8, 4) is 0 Å². The smallest absolute Gasteiger partial charge is 0.239 e. The fraction of sp³-hybridized carbons (Fsp3) is 0.933. The monoisotopic (exact) mass is 268 g/mol. The first kappa shape index (κ1) is 14.8. The maximum atomic E-state index is 12.6. The summed E-state index contributed by atoms with van der Waals surface area (Å²) in [6.07, 6.45) is 3.00. The standard InChI is InChI=1S/C15H28N2O2/c1-10-5-6-11(2)17(10)12(3)15(19)16-8-7-14(9-16)13(4)18/h10-14,18H,5-9H2,1-4H3. The molecule has 2 fully saturated rings. The molecule has 2 aliphatic heterocycles. The number of rotatable bonds is 3. The summed E-state index contributed by atoms with van der Waals surface area (Å²) >= 11 is 0. The summed E-state index contributed by atoms with van der Waals surface area (Å²) in [6, 6.07) is 0.980. The first-order valence-corrected chi connectivity index (χ1v) is 7.66. The first-order chi connectivity index (χ1) is 8.91. The quantitative estimate of drug-likeness (QED) is 0.843. The Kier molecular flexibility index (Phi) is 4.51. The van der Waals surface area contributed by atoms with Crippen LogP contribution in [0.5, 0.6) is 0 Å². The van der Waals surface area contributed by atoms with E-state index in [1.54, 1.807) is 0 Å². The van der Waals surface area contributed by atoms with Crippen LogP contribution in [0.4, 0.5) is 0 Å². The zero-order chi connectivity index (χ0) is 14.2. The van der Waals surface area contributed by atoms with Crippen LogP contribution in [0.1, 0.15) is 47.0 Å². The van der Waals surface area contributed by atoms with Gasteiger partial charge in [0.25, 0.3) is 0 Å². The molecule has 0 saturated carbocycles. The van der Waals surface area contributed by atoms with Gasteiger partial charge in [0.2, 0.25) is 5.91 Å². The number of carbonyl (C=O) groups excluding carboxylic acids is 1. The Balaban J connectivity index is 1.96. The van der Waals surface area contributed by atoms with Crippen LogP contribution in [0.3, 0.4) is 0 Å². The predicted octanol–water partition coefficient (Wildman–Crippen LogP) is 1.48. The van der Waals surface area contributed by atoms with Gasteiger partial charge in [-0.3, -0.25) is 9.69 Å². The van der Waals surface area contributed by atoms with Crippen LogP contribution in [-0.4, -0.2) is 58.1 Å². The van der Waals surface area contributed by atoms with E-state index in [1.165, 1.54) is 12.8 Å². The van der Waals surface area contributed by atoms with E-state index in [0.29, 0.717) is 12.1 Å². The zero-order valence-corrected chi connectivity index (χ0v) is 12.7. The van der Waals surface area contributed by atoms with Crippen LogP contribution in [0.25, 0.3) is 0 Å². The van der Waals surface area contributed by atoms with Gasteiger partial charge in [-0.25, -0.2) is 0 Å². The molecule has 0 aliphatic carbocycles. The molecule has 5 unspecified atom stereocenters. The van der Waals surface area contributed by atoms with Crippen molar-refractivity contribution in [2.24, 2.45) is 5.92 Å². The van der Waals surface area contributed by atoms with E-state index in [9.17, 15) is 9.90 Å². The van der Waals surface area contributed by atoms with E-state index in [-0.39, 0.29) is 24.0 Å². The molecule has 0 aromatic heterocycles.